The zero-order valence-corrected chi connectivity index (χ0v) is 17.1. The van der Waals surface area contributed by atoms with Gasteiger partial charge in [0.1, 0.15) is 28.8 Å². The topological polar surface area (TPSA) is 57.9 Å². The molecule has 0 saturated heterocycles. The molecule has 1 aliphatic rings. The van der Waals surface area contributed by atoms with E-state index in [4.69, 9.17) is 18.6 Å². The van der Waals surface area contributed by atoms with Gasteiger partial charge in [0.25, 0.3) is 0 Å². The lowest BCUT2D eigenvalue weighted by atomic mass is 9.90. The van der Waals surface area contributed by atoms with Crippen molar-refractivity contribution < 1.29 is 18.6 Å². The van der Waals surface area contributed by atoms with Crippen LogP contribution in [-0.4, -0.2) is 25.4 Å². The van der Waals surface area contributed by atoms with Gasteiger partial charge in [0.05, 0.1) is 7.11 Å². The van der Waals surface area contributed by atoms with E-state index >= 15 is 0 Å². The summed E-state index contributed by atoms with van der Waals surface area (Å²) in [4.78, 5) is 11.5. The van der Waals surface area contributed by atoms with Crippen LogP contribution in [0.5, 0.6) is 11.5 Å². The molecule has 0 saturated carbocycles. The minimum absolute atomic E-state index is 0.0426. The molecule has 3 aromatic rings. The Balaban J connectivity index is 1.40. The van der Waals surface area contributed by atoms with Crippen LogP contribution < -0.4 is 15.1 Å². The van der Waals surface area contributed by atoms with Crippen molar-refractivity contribution in [3.63, 3.8) is 0 Å². The van der Waals surface area contributed by atoms with Gasteiger partial charge in [0, 0.05) is 30.5 Å². The lowest BCUT2D eigenvalue weighted by molar-refractivity contribution is -0.0839. The van der Waals surface area contributed by atoms with Crippen molar-refractivity contribution in [2.45, 2.75) is 44.8 Å². The van der Waals surface area contributed by atoms with E-state index in [0.29, 0.717) is 12.2 Å². The van der Waals surface area contributed by atoms with Crippen molar-refractivity contribution in [1.29, 1.82) is 0 Å². The van der Waals surface area contributed by atoms with Gasteiger partial charge < -0.3 is 18.6 Å². The highest BCUT2D eigenvalue weighted by Crippen LogP contribution is 2.37. The number of hydrogen-bond donors (Lipinski definition) is 0. The van der Waals surface area contributed by atoms with Crippen LogP contribution in [0, 0.1) is 0 Å². The van der Waals surface area contributed by atoms with Gasteiger partial charge in [-0.2, -0.15) is 0 Å². The molecule has 29 heavy (non-hydrogen) atoms. The molecule has 2 aromatic carbocycles. The number of fused-ring (bicyclic) bond motifs is 2. The third kappa shape index (κ3) is 4.30. The second-order valence-corrected chi connectivity index (χ2v) is 7.97. The second-order valence-electron chi connectivity index (χ2n) is 7.97. The second kappa shape index (κ2) is 7.91. The smallest absolute Gasteiger partial charge is 0.336 e. The lowest BCUT2D eigenvalue weighted by Crippen LogP contribution is -2.48. The largest absolute Gasteiger partial charge is 0.497 e. The van der Waals surface area contributed by atoms with E-state index in [2.05, 4.69) is 12.1 Å². The first-order valence-electron chi connectivity index (χ1n) is 9.95. The fourth-order valence-electron chi connectivity index (χ4n) is 3.75. The highest BCUT2D eigenvalue weighted by atomic mass is 16.6. The summed E-state index contributed by atoms with van der Waals surface area (Å²) in [7, 11) is 1.67. The minimum Gasteiger partial charge on any atom is -0.497 e. The summed E-state index contributed by atoms with van der Waals surface area (Å²) < 4.78 is 22.9. The molecule has 1 aliphatic heterocycles. The first-order valence-corrected chi connectivity index (χ1v) is 9.95. The van der Waals surface area contributed by atoms with Crippen molar-refractivity contribution >= 4 is 11.0 Å². The third-order valence-corrected chi connectivity index (χ3v) is 5.44. The lowest BCUT2D eigenvalue weighted by Gasteiger charge is -2.39. The number of ether oxygens (including phenoxy) is 3. The van der Waals surface area contributed by atoms with Crippen molar-refractivity contribution in [3.05, 3.63) is 70.1 Å². The normalized spacial score (nSPS) is 17.6. The summed E-state index contributed by atoms with van der Waals surface area (Å²) >= 11 is 0. The van der Waals surface area contributed by atoms with Crippen LogP contribution in [0.25, 0.3) is 11.0 Å². The standard InChI is InChI=1S/C24H26O5/c1-24(2)22(27-12-4-5-16-6-9-19(26-3)10-7-16)14-18-13-17-8-11-23(25)28-20(17)15-21(18)29-24/h6-11,13,15,22H,4-5,12,14H2,1-3H3/t22-/m1/s1. The Labute approximate surface area is 170 Å². The number of methoxy groups -OCH3 is 1. The molecule has 0 spiro atoms. The fourth-order valence-corrected chi connectivity index (χ4v) is 3.75. The molecule has 0 unspecified atom stereocenters. The number of benzene rings is 2. The Morgan fingerprint density at radius 3 is 2.66 bits per heavy atom. The maximum atomic E-state index is 11.5. The van der Waals surface area contributed by atoms with Crippen LogP contribution in [0.15, 0.2) is 57.7 Å². The fraction of sp³-hybridized carbons (Fsp3) is 0.375. The summed E-state index contributed by atoms with van der Waals surface area (Å²) in [6.07, 6.45) is 2.62. The SMILES string of the molecule is COc1ccc(CCCO[C@@H]2Cc3cc4ccc(=O)oc4cc3OC2(C)C)cc1. The van der Waals surface area contributed by atoms with Crippen LogP contribution in [0.3, 0.4) is 0 Å². The summed E-state index contributed by atoms with van der Waals surface area (Å²) in [5.74, 6) is 1.63. The molecule has 0 fully saturated rings. The van der Waals surface area contributed by atoms with Crippen molar-refractivity contribution in [1.82, 2.24) is 0 Å². The van der Waals surface area contributed by atoms with Gasteiger partial charge in [-0.1, -0.05) is 12.1 Å². The van der Waals surface area contributed by atoms with E-state index < -0.39 is 5.60 Å². The maximum Gasteiger partial charge on any atom is 0.336 e. The quantitative estimate of drug-likeness (QED) is 0.454. The van der Waals surface area contributed by atoms with Crippen LogP contribution >= 0.6 is 0 Å². The predicted molar refractivity (Wildman–Crippen MR) is 112 cm³/mol. The molecule has 1 atom stereocenters. The molecule has 0 amide bonds. The molecule has 152 valence electrons. The Kier molecular flexibility index (Phi) is 5.33. The van der Waals surface area contributed by atoms with Crippen LogP contribution in [-0.2, 0) is 17.6 Å². The van der Waals surface area contributed by atoms with Gasteiger partial charge in [-0.3, -0.25) is 0 Å². The number of aryl methyl sites for hydroxylation is 1. The van der Waals surface area contributed by atoms with Crippen molar-refractivity contribution in [2.24, 2.45) is 0 Å². The monoisotopic (exact) mass is 394 g/mol. The Bertz CT molecular complexity index is 1050. The Hall–Kier alpha value is -2.79. The number of hydrogen-bond acceptors (Lipinski definition) is 5. The van der Waals surface area contributed by atoms with E-state index in [1.165, 1.54) is 11.6 Å². The van der Waals surface area contributed by atoms with Crippen LogP contribution in [0.2, 0.25) is 0 Å². The summed E-state index contributed by atoms with van der Waals surface area (Å²) in [5, 5.41) is 0.893. The van der Waals surface area contributed by atoms with E-state index in [1.807, 2.05) is 38.1 Å². The Morgan fingerprint density at radius 2 is 1.90 bits per heavy atom. The van der Waals surface area contributed by atoms with Gasteiger partial charge in [-0.25, -0.2) is 4.79 Å². The molecule has 0 aliphatic carbocycles. The summed E-state index contributed by atoms with van der Waals surface area (Å²) in [6.45, 7) is 4.74. The first-order chi connectivity index (χ1) is 13.9. The maximum absolute atomic E-state index is 11.5. The van der Waals surface area contributed by atoms with E-state index in [1.54, 1.807) is 13.2 Å². The van der Waals surface area contributed by atoms with E-state index in [9.17, 15) is 4.79 Å². The molecular formula is C24H26O5. The molecule has 1 aromatic heterocycles. The van der Waals surface area contributed by atoms with Gasteiger partial charge in [0.2, 0.25) is 0 Å². The molecule has 2 heterocycles. The molecule has 5 heteroatoms. The average molecular weight is 394 g/mol. The van der Waals surface area contributed by atoms with E-state index in [-0.39, 0.29) is 11.7 Å². The molecule has 0 bridgehead atoms. The predicted octanol–water partition coefficient (Wildman–Crippen LogP) is 4.53. The molecular weight excluding hydrogens is 368 g/mol. The summed E-state index contributed by atoms with van der Waals surface area (Å²) in [5.41, 5.74) is 2.07. The van der Waals surface area contributed by atoms with Gasteiger partial charge in [-0.15, -0.1) is 0 Å². The molecule has 4 rings (SSSR count). The zero-order valence-electron chi connectivity index (χ0n) is 17.1. The van der Waals surface area contributed by atoms with Crippen LogP contribution in [0.1, 0.15) is 31.4 Å². The van der Waals surface area contributed by atoms with Crippen molar-refractivity contribution in [2.75, 3.05) is 13.7 Å². The summed E-state index contributed by atoms with van der Waals surface area (Å²) in [6, 6.07) is 15.2. The third-order valence-electron chi connectivity index (χ3n) is 5.44. The molecule has 0 radical (unpaired) electrons. The van der Waals surface area contributed by atoms with Gasteiger partial charge >= 0.3 is 5.63 Å². The molecule has 5 nitrogen and oxygen atoms in total. The highest BCUT2D eigenvalue weighted by Gasteiger charge is 2.38. The number of rotatable bonds is 6. The molecule has 0 N–H and O–H groups in total. The first kappa shape index (κ1) is 19.5. The highest BCUT2D eigenvalue weighted by molar-refractivity contribution is 5.79. The van der Waals surface area contributed by atoms with Gasteiger partial charge in [-0.05, 0) is 62.1 Å². The van der Waals surface area contributed by atoms with Crippen molar-refractivity contribution in [3.8, 4) is 11.5 Å². The van der Waals surface area contributed by atoms with Gasteiger partial charge in [0.15, 0.2) is 0 Å². The Morgan fingerprint density at radius 1 is 1.10 bits per heavy atom. The zero-order chi connectivity index (χ0) is 20.4. The van der Waals surface area contributed by atoms with E-state index in [0.717, 1.165) is 41.7 Å². The minimum atomic E-state index is -0.462. The average Bonchev–Trinajstić information content (AvgIpc) is 2.70. The van der Waals surface area contributed by atoms with Crippen LogP contribution in [0.4, 0.5) is 0 Å².